The molecule has 7 atom stereocenters. The second-order valence-electron chi connectivity index (χ2n) is 10.6. The Hall–Kier alpha value is -2.46. The van der Waals surface area contributed by atoms with Gasteiger partial charge in [0.2, 0.25) is 17.7 Å². The van der Waals surface area contributed by atoms with Gasteiger partial charge in [-0.3, -0.25) is 14.4 Å². The van der Waals surface area contributed by atoms with Gasteiger partial charge in [-0.2, -0.15) is 0 Å². The zero-order valence-corrected chi connectivity index (χ0v) is 23.5. The maximum absolute atomic E-state index is 14.1. The standard InChI is InChI=1S/C28H31BrClN3O5/c1-15(2)20(14-34)33-24(26(36)32-19-11-7-6-10-18(19)30)28-12-17(29)23(38-28)21(22(28)27(33)37)25(35)31-13-16-8-4-3-5-9-16/h3-11,15,17,20-24,34H,12-14H2,1-2H3,(H,31,35)(H,32,36)/t17?,20-,21-,22-,23-,24?,28?/m0/s1. The van der Waals surface area contributed by atoms with Gasteiger partial charge >= 0.3 is 0 Å². The number of fused-ring (bicyclic) bond motifs is 1. The Bertz CT molecular complexity index is 1230. The SMILES string of the molecule is CC(C)[C@H](CO)N1C(=O)[C@@H]2[C@H](C(=O)NCc3ccccc3)[C@H]3OC2(CC3Br)C1C(=O)Nc1ccccc1Cl. The summed E-state index contributed by atoms with van der Waals surface area (Å²) in [6.07, 6.45) is -0.187. The first-order valence-corrected chi connectivity index (χ1v) is 14.1. The molecule has 8 nitrogen and oxygen atoms in total. The minimum Gasteiger partial charge on any atom is -0.394 e. The molecule has 1 spiro atoms. The molecule has 10 heteroatoms. The molecule has 0 aromatic heterocycles. The van der Waals surface area contributed by atoms with Crippen LogP contribution >= 0.6 is 27.5 Å². The molecule has 5 rings (SSSR count). The Balaban J connectivity index is 1.51. The van der Waals surface area contributed by atoms with Crippen molar-refractivity contribution in [2.45, 2.75) is 55.4 Å². The highest BCUT2D eigenvalue weighted by atomic mass is 79.9. The molecule has 3 saturated heterocycles. The zero-order chi connectivity index (χ0) is 27.2. The maximum Gasteiger partial charge on any atom is 0.250 e. The zero-order valence-electron chi connectivity index (χ0n) is 21.1. The smallest absolute Gasteiger partial charge is 0.250 e. The second kappa shape index (κ2) is 10.6. The summed E-state index contributed by atoms with van der Waals surface area (Å²) in [4.78, 5) is 42.9. The molecule has 202 valence electrons. The fraction of sp³-hybridized carbons (Fsp3) is 0.464. The summed E-state index contributed by atoms with van der Waals surface area (Å²) in [6, 6.07) is 14.7. The Morgan fingerprint density at radius 1 is 1.16 bits per heavy atom. The summed E-state index contributed by atoms with van der Waals surface area (Å²) in [6.45, 7) is 3.76. The third kappa shape index (κ3) is 4.43. The van der Waals surface area contributed by atoms with Gasteiger partial charge in [-0.25, -0.2) is 0 Å². The van der Waals surface area contributed by atoms with E-state index in [1.807, 2.05) is 44.2 Å². The number of hydrogen-bond donors (Lipinski definition) is 3. The van der Waals surface area contributed by atoms with E-state index in [2.05, 4.69) is 26.6 Å². The number of halogens is 2. The van der Waals surface area contributed by atoms with E-state index in [-0.39, 0.29) is 29.2 Å². The van der Waals surface area contributed by atoms with Gasteiger partial charge in [0.1, 0.15) is 11.6 Å². The first-order valence-electron chi connectivity index (χ1n) is 12.8. The number of benzene rings is 2. The van der Waals surface area contributed by atoms with Crippen molar-refractivity contribution in [2.75, 3.05) is 11.9 Å². The number of anilines is 1. The molecule has 38 heavy (non-hydrogen) atoms. The lowest BCUT2D eigenvalue weighted by Crippen LogP contribution is -2.57. The largest absolute Gasteiger partial charge is 0.394 e. The van der Waals surface area contributed by atoms with Crippen molar-refractivity contribution in [3.63, 3.8) is 0 Å². The molecule has 3 aliphatic rings. The number of likely N-dealkylation sites (tertiary alicyclic amines) is 1. The molecule has 3 heterocycles. The van der Waals surface area contributed by atoms with Crippen molar-refractivity contribution in [3.8, 4) is 0 Å². The summed E-state index contributed by atoms with van der Waals surface area (Å²) in [7, 11) is 0. The normalized spacial score (nSPS) is 30.4. The first kappa shape index (κ1) is 27.1. The number of aliphatic hydroxyl groups excluding tert-OH is 1. The molecule has 3 aliphatic heterocycles. The summed E-state index contributed by atoms with van der Waals surface area (Å²) in [5.74, 6) is -2.88. The quantitative estimate of drug-likeness (QED) is 0.401. The summed E-state index contributed by atoms with van der Waals surface area (Å²) >= 11 is 9.99. The Morgan fingerprint density at radius 3 is 2.50 bits per heavy atom. The molecule has 2 aromatic rings. The van der Waals surface area contributed by atoms with E-state index in [1.165, 1.54) is 4.90 Å². The highest BCUT2D eigenvalue weighted by Crippen LogP contribution is 2.60. The lowest BCUT2D eigenvalue weighted by atomic mass is 9.70. The van der Waals surface area contributed by atoms with E-state index in [1.54, 1.807) is 24.3 Å². The fourth-order valence-electron chi connectivity index (χ4n) is 6.31. The van der Waals surface area contributed by atoms with Crippen LogP contribution in [0.4, 0.5) is 5.69 Å². The highest BCUT2D eigenvalue weighted by Gasteiger charge is 2.77. The average molecular weight is 605 g/mol. The van der Waals surface area contributed by atoms with Crippen molar-refractivity contribution in [1.82, 2.24) is 10.2 Å². The number of amides is 3. The van der Waals surface area contributed by atoms with Gasteiger partial charge in [0.25, 0.3) is 0 Å². The predicted octanol–water partition coefficient (Wildman–Crippen LogP) is 3.36. The van der Waals surface area contributed by atoms with Crippen LogP contribution in [0.15, 0.2) is 54.6 Å². The molecule has 0 saturated carbocycles. The van der Waals surface area contributed by atoms with Gasteiger partial charge < -0.3 is 25.4 Å². The van der Waals surface area contributed by atoms with E-state index in [4.69, 9.17) is 16.3 Å². The number of hydrogen-bond acceptors (Lipinski definition) is 5. The van der Waals surface area contributed by atoms with Crippen LogP contribution in [-0.2, 0) is 25.7 Å². The van der Waals surface area contributed by atoms with Crippen LogP contribution in [0, 0.1) is 17.8 Å². The average Bonchev–Trinajstić information content (AvgIpc) is 3.48. The van der Waals surface area contributed by atoms with Crippen LogP contribution in [0.1, 0.15) is 25.8 Å². The fourth-order valence-corrected chi connectivity index (χ4v) is 7.44. The molecule has 2 aromatic carbocycles. The number of ether oxygens (including phenoxy) is 1. The molecule has 3 unspecified atom stereocenters. The van der Waals surface area contributed by atoms with Crippen molar-refractivity contribution in [2.24, 2.45) is 17.8 Å². The molecule has 3 amide bonds. The lowest BCUT2D eigenvalue weighted by Gasteiger charge is -2.38. The summed E-state index contributed by atoms with van der Waals surface area (Å²) in [5, 5.41) is 16.5. The van der Waals surface area contributed by atoms with Gasteiger partial charge in [-0.05, 0) is 30.0 Å². The first-order chi connectivity index (χ1) is 18.2. The van der Waals surface area contributed by atoms with Gasteiger partial charge in [0.05, 0.1) is 41.3 Å². The Kier molecular flexibility index (Phi) is 7.57. The van der Waals surface area contributed by atoms with Crippen LogP contribution in [0.25, 0.3) is 0 Å². The monoisotopic (exact) mass is 603 g/mol. The minimum atomic E-state index is -1.22. The van der Waals surface area contributed by atoms with Gasteiger partial charge in [0, 0.05) is 11.4 Å². The van der Waals surface area contributed by atoms with Crippen LogP contribution in [-0.4, -0.2) is 63.0 Å². The van der Waals surface area contributed by atoms with Crippen LogP contribution in [0.2, 0.25) is 5.02 Å². The molecule has 2 bridgehead atoms. The third-order valence-corrected chi connectivity index (χ3v) is 9.21. The van der Waals surface area contributed by atoms with E-state index in [0.29, 0.717) is 23.7 Å². The van der Waals surface area contributed by atoms with E-state index < -0.39 is 41.5 Å². The number of alkyl halides is 1. The topological polar surface area (TPSA) is 108 Å². The number of nitrogens with one attached hydrogen (secondary N) is 2. The van der Waals surface area contributed by atoms with Crippen LogP contribution in [0.5, 0.6) is 0 Å². The van der Waals surface area contributed by atoms with Crippen molar-refractivity contribution < 1.29 is 24.2 Å². The van der Waals surface area contributed by atoms with Crippen LogP contribution < -0.4 is 10.6 Å². The predicted molar refractivity (Wildman–Crippen MR) is 147 cm³/mol. The number of aliphatic hydroxyl groups is 1. The van der Waals surface area contributed by atoms with Crippen molar-refractivity contribution in [3.05, 3.63) is 65.2 Å². The van der Waals surface area contributed by atoms with E-state index in [0.717, 1.165) is 5.56 Å². The number of rotatable bonds is 8. The van der Waals surface area contributed by atoms with Gasteiger partial charge in [0.15, 0.2) is 0 Å². The van der Waals surface area contributed by atoms with E-state index in [9.17, 15) is 19.5 Å². The second-order valence-corrected chi connectivity index (χ2v) is 12.2. The highest BCUT2D eigenvalue weighted by molar-refractivity contribution is 9.09. The molecule has 0 radical (unpaired) electrons. The van der Waals surface area contributed by atoms with Gasteiger partial charge in [-0.15, -0.1) is 0 Å². The number of carbonyl (C=O) groups is 3. The molecular weight excluding hydrogens is 574 g/mol. The van der Waals surface area contributed by atoms with Crippen molar-refractivity contribution in [1.29, 1.82) is 0 Å². The Morgan fingerprint density at radius 2 is 1.84 bits per heavy atom. The van der Waals surface area contributed by atoms with Gasteiger partial charge in [-0.1, -0.05) is 83.8 Å². The lowest BCUT2D eigenvalue weighted by molar-refractivity contribution is -0.145. The molecule has 3 fully saturated rings. The molecular formula is C28H31BrClN3O5. The van der Waals surface area contributed by atoms with Crippen molar-refractivity contribution >= 4 is 50.9 Å². The minimum absolute atomic E-state index is 0.142. The number of nitrogens with zero attached hydrogens (tertiary/aromatic N) is 1. The third-order valence-electron chi connectivity index (χ3n) is 8.03. The van der Waals surface area contributed by atoms with Crippen LogP contribution in [0.3, 0.4) is 0 Å². The Labute approximate surface area is 235 Å². The number of para-hydroxylation sites is 1. The summed E-state index contributed by atoms with van der Waals surface area (Å²) in [5.41, 5.74) is 0.126. The number of carbonyl (C=O) groups excluding carboxylic acids is 3. The molecule has 0 aliphatic carbocycles. The van der Waals surface area contributed by atoms with E-state index >= 15 is 0 Å². The maximum atomic E-state index is 14.1. The molecule has 3 N–H and O–H groups in total. The summed E-state index contributed by atoms with van der Waals surface area (Å²) < 4.78 is 6.51.